The van der Waals surface area contributed by atoms with Crippen molar-refractivity contribution in [3.63, 3.8) is 0 Å². The van der Waals surface area contributed by atoms with E-state index in [9.17, 15) is 10.2 Å². The molecule has 28 heavy (non-hydrogen) atoms. The number of hydrogen-bond acceptors (Lipinski definition) is 2. The van der Waals surface area contributed by atoms with Crippen molar-refractivity contribution in [3.05, 3.63) is 57.6 Å². The van der Waals surface area contributed by atoms with Gasteiger partial charge in [-0.2, -0.15) is 0 Å². The standard InChI is InChI=1S/C26H38O2/c1-10-11-19(20-15-21(25(4,5)6)23(28)13-16(20)2)24-17(3)12-18(27)14-22(24)26(7,8)9/h12-15,19,27-28H,10-11H2,1-9H3. The molecule has 0 aliphatic rings. The summed E-state index contributed by atoms with van der Waals surface area (Å²) in [5, 5.41) is 20.8. The van der Waals surface area contributed by atoms with E-state index in [1.165, 1.54) is 16.7 Å². The number of aromatic hydroxyl groups is 2. The molecule has 0 radical (unpaired) electrons. The summed E-state index contributed by atoms with van der Waals surface area (Å²) in [4.78, 5) is 0. The number of rotatable bonds is 4. The van der Waals surface area contributed by atoms with Gasteiger partial charge in [0.05, 0.1) is 0 Å². The molecule has 1 unspecified atom stereocenters. The Morgan fingerprint density at radius 2 is 1.36 bits per heavy atom. The minimum absolute atomic E-state index is 0.0670. The third-order valence-electron chi connectivity index (χ3n) is 5.67. The third kappa shape index (κ3) is 4.54. The smallest absolute Gasteiger partial charge is 0.119 e. The minimum atomic E-state index is -0.125. The lowest BCUT2D eigenvalue weighted by molar-refractivity contribution is 0.445. The van der Waals surface area contributed by atoms with Crippen LogP contribution in [0.4, 0.5) is 0 Å². The van der Waals surface area contributed by atoms with E-state index in [4.69, 9.17) is 0 Å². The second-order valence-electron chi connectivity index (χ2n) is 10.3. The van der Waals surface area contributed by atoms with Gasteiger partial charge in [-0.25, -0.2) is 0 Å². The second-order valence-corrected chi connectivity index (χ2v) is 10.3. The van der Waals surface area contributed by atoms with Crippen LogP contribution in [0.1, 0.15) is 101 Å². The molecule has 0 aliphatic heterocycles. The first kappa shape index (κ1) is 22.3. The molecule has 0 fully saturated rings. The van der Waals surface area contributed by atoms with Crippen molar-refractivity contribution >= 4 is 0 Å². The molecule has 0 saturated carbocycles. The van der Waals surface area contributed by atoms with Crippen molar-refractivity contribution < 1.29 is 10.2 Å². The fraction of sp³-hybridized carbons (Fsp3) is 0.538. The summed E-state index contributed by atoms with van der Waals surface area (Å²) >= 11 is 0. The van der Waals surface area contributed by atoms with Crippen molar-refractivity contribution in [2.24, 2.45) is 0 Å². The van der Waals surface area contributed by atoms with Gasteiger partial charge < -0.3 is 10.2 Å². The van der Waals surface area contributed by atoms with E-state index in [2.05, 4.69) is 68.4 Å². The maximum absolute atomic E-state index is 10.6. The summed E-state index contributed by atoms with van der Waals surface area (Å²) in [5.74, 6) is 0.947. The molecule has 154 valence electrons. The molecule has 2 rings (SSSR count). The van der Waals surface area contributed by atoms with Crippen LogP contribution in [0.5, 0.6) is 11.5 Å². The Morgan fingerprint density at radius 3 is 1.86 bits per heavy atom. The average Bonchev–Trinajstić information content (AvgIpc) is 2.51. The number of benzene rings is 2. The summed E-state index contributed by atoms with van der Waals surface area (Å²) in [5.41, 5.74) is 6.85. The Balaban J connectivity index is 2.83. The predicted molar refractivity (Wildman–Crippen MR) is 120 cm³/mol. The largest absolute Gasteiger partial charge is 0.508 e. The molecule has 0 spiro atoms. The first-order valence-corrected chi connectivity index (χ1v) is 10.4. The van der Waals surface area contributed by atoms with Gasteiger partial charge in [-0.1, -0.05) is 61.0 Å². The van der Waals surface area contributed by atoms with Gasteiger partial charge in [0, 0.05) is 5.92 Å². The van der Waals surface area contributed by atoms with Crippen LogP contribution in [0.3, 0.4) is 0 Å². The minimum Gasteiger partial charge on any atom is -0.508 e. The van der Waals surface area contributed by atoms with Crippen LogP contribution < -0.4 is 0 Å². The van der Waals surface area contributed by atoms with Gasteiger partial charge in [0.15, 0.2) is 0 Å². The van der Waals surface area contributed by atoms with Gasteiger partial charge in [0.25, 0.3) is 0 Å². The molecule has 2 nitrogen and oxygen atoms in total. The van der Waals surface area contributed by atoms with E-state index in [-0.39, 0.29) is 16.7 Å². The van der Waals surface area contributed by atoms with Crippen molar-refractivity contribution in [2.45, 2.75) is 91.9 Å². The van der Waals surface area contributed by atoms with Crippen LogP contribution in [0, 0.1) is 13.8 Å². The molecule has 2 heteroatoms. The maximum Gasteiger partial charge on any atom is 0.119 e. The molecule has 2 N–H and O–H groups in total. The molecule has 0 saturated heterocycles. The van der Waals surface area contributed by atoms with Gasteiger partial charge in [-0.3, -0.25) is 0 Å². The van der Waals surface area contributed by atoms with Crippen LogP contribution in [0.2, 0.25) is 0 Å². The lowest BCUT2D eigenvalue weighted by Crippen LogP contribution is -2.19. The molecule has 2 aromatic carbocycles. The lowest BCUT2D eigenvalue weighted by Gasteiger charge is -2.32. The number of aryl methyl sites for hydroxylation is 2. The summed E-state index contributed by atoms with van der Waals surface area (Å²) in [6.45, 7) is 19.5. The fourth-order valence-electron chi connectivity index (χ4n) is 4.29. The van der Waals surface area contributed by atoms with E-state index < -0.39 is 0 Å². The van der Waals surface area contributed by atoms with Crippen LogP contribution >= 0.6 is 0 Å². The summed E-state index contributed by atoms with van der Waals surface area (Å²) in [7, 11) is 0. The summed E-state index contributed by atoms with van der Waals surface area (Å²) in [6.07, 6.45) is 2.10. The lowest BCUT2D eigenvalue weighted by atomic mass is 9.73. The molecule has 0 aliphatic carbocycles. The average molecular weight is 383 g/mol. The Morgan fingerprint density at radius 1 is 0.786 bits per heavy atom. The molecular weight excluding hydrogens is 344 g/mol. The zero-order valence-electron chi connectivity index (χ0n) is 19.2. The summed E-state index contributed by atoms with van der Waals surface area (Å²) in [6, 6.07) is 7.95. The van der Waals surface area contributed by atoms with Crippen LogP contribution in [0.15, 0.2) is 24.3 Å². The van der Waals surface area contributed by atoms with E-state index >= 15 is 0 Å². The number of phenols is 2. The topological polar surface area (TPSA) is 40.5 Å². The Hall–Kier alpha value is -1.96. The highest BCUT2D eigenvalue weighted by Crippen LogP contribution is 2.43. The zero-order chi connectivity index (χ0) is 21.4. The SMILES string of the molecule is CCCC(c1cc(C(C)(C)C)c(O)cc1C)c1c(C)cc(O)cc1C(C)(C)C. The maximum atomic E-state index is 10.6. The van der Waals surface area contributed by atoms with Crippen molar-refractivity contribution in [1.82, 2.24) is 0 Å². The quantitative estimate of drug-likeness (QED) is 0.585. The first-order valence-electron chi connectivity index (χ1n) is 10.4. The molecule has 0 bridgehead atoms. The highest BCUT2D eigenvalue weighted by atomic mass is 16.3. The van der Waals surface area contributed by atoms with Crippen molar-refractivity contribution in [1.29, 1.82) is 0 Å². The fourth-order valence-corrected chi connectivity index (χ4v) is 4.29. The van der Waals surface area contributed by atoms with E-state index in [1.807, 2.05) is 18.2 Å². The van der Waals surface area contributed by atoms with Gasteiger partial charge in [0.2, 0.25) is 0 Å². The van der Waals surface area contributed by atoms with E-state index in [1.54, 1.807) is 0 Å². The van der Waals surface area contributed by atoms with Crippen molar-refractivity contribution in [2.75, 3.05) is 0 Å². The number of phenolic OH excluding ortho intramolecular Hbond substituents is 2. The van der Waals surface area contributed by atoms with E-state index in [0.29, 0.717) is 11.5 Å². The monoisotopic (exact) mass is 382 g/mol. The molecule has 0 heterocycles. The molecule has 2 aromatic rings. The second kappa shape index (κ2) is 7.81. The number of hydrogen-bond donors (Lipinski definition) is 2. The van der Waals surface area contributed by atoms with Crippen LogP contribution in [-0.4, -0.2) is 10.2 Å². The first-order chi connectivity index (χ1) is 12.8. The van der Waals surface area contributed by atoms with Gasteiger partial charge in [-0.15, -0.1) is 0 Å². The molecular formula is C26H38O2. The van der Waals surface area contributed by atoms with Gasteiger partial charge in [0.1, 0.15) is 11.5 Å². The predicted octanol–water partition coefficient (Wildman–Crippen LogP) is 7.24. The third-order valence-corrected chi connectivity index (χ3v) is 5.67. The van der Waals surface area contributed by atoms with E-state index in [0.717, 1.165) is 29.5 Å². The normalized spacial score (nSPS) is 13.6. The van der Waals surface area contributed by atoms with Crippen molar-refractivity contribution in [3.8, 4) is 11.5 Å². The Kier molecular flexibility index (Phi) is 6.23. The van der Waals surface area contributed by atoms with Gasteiger partial charge in [-0.05, 0) is 82.7 Å². The Bertz CT molecular complexity index is 848. The highest BCUT2D eigenvalue weighted by Gasteiger charge is 2.29. The van der Waals surface area contributed by atoms with Crippen LogP contribution in [-0.2, 0) is 10.8 Å². The molecule has 0 amide bonds. The molecule has 1 atom stereocenters. The summed E-state index contributed by atoms with van der Waals surface area (Å²) < 4.78 is 0. The van der Waals surface area contributed by atoms with Gasteiger partial charge >= 0.3 is 0 Å². The van der Waals surface area contributed by atoms with Crippen LogP contribution in [0.25, 0.3) is 0 Å². The highest BCUT2D eigenvalue weighted by molar-refractivity contribution is 5.53. The zero-order valence-corrected chi connectivity index (χ0v) is 19.2. The molecule has 0 aromatic heterocycles. The Labute approximate surface area is 171 Å².